The summed E-state index contributed by atoms with van der Waals surface area (Å²) < 4.78 is 27.0. The minimum Gasteiger partial charge on any atom is -0.282 e. The van der Waals surface area contributed by atoms with E-state index < -0.39 is 10.0 Å². The zero-order valence-electron chi connectivity index (χ0n) is 13.8. The average molecular weight is 410 g/mol. The van der Waals surface area contributed by atoms with Crippen molar-refractivity contribution in [3.05, 3.63) is 64.1 Å². The van der Waals surface area contributed by atoms with Gasteiger partial charge in [0.05, 0.1) is 21.0 Å². The molecular formula is C18H17Cl2N3O2S. The Morgan fingerprint density at radius 2 is 1.62 bits per heavy atom. The molecule has 0 amide bonds. The summed E-state index contributed by atoms with van der Waals surface area (Å²) in [4.78, 5) is 2.12. The van der Waals surface area contributed by atoms with Gasteiger partial charge in [0.1, 0.15) is 6.04 Å². The summed E-state index contributed by atoms with van der Waals surface area (Å²) in [5.41, 5.74) is 0.913. The molecule has 2 aromatic carbocycles. The van der Waals surface area contributed by atoms with Crippen molar-refractivity contribution in [2.75, 3.05) is 26.2 Å². The number of nitrogens with zero attached hydrogens (tertiary/aromatic N) is 3. The number of hydrogen-bond acceptors (Lipinski definition) is 4. The second kappa shape index (κ2) is 7.95. The molecule has 1 heterocycles. The van der Waals surface area contributed by atoms with Crippen LogP contribution in [0.1, 0.15) is 11.6 Å². The Balaban J connectivity index is 1.73. The van der Waals surface area contributed by atoms with Gasteiger partial charge in [0.15, 0.2) is 0 Å². The van der Waals surface area contributed by atoms with Gasteiger partial charge in [-0.15, -0.1) is 0 Å². The van der Waals surface area contributed by atoms with Crippen molar-refractivity contribution in [2.24, 2.45) is 0 Å². The minimum absolute atomic E-state index is 0.125. The van der Waals surface area contributed by atoms with Crippen LogP contribution in [0.15, 0.2) is 53.4 Å². The summed E-state index contributed by atoms with van der Waals surface area (Å²) in [6, 6.07) is 15.7. The third-order valence-electron chi connectivity index (χ3n) is 4.40. The Morgan fingerprint density at radius 3 is 2.19 bits per heavy atom. The lowest BCUT2D eigenvalue weighted by atomic mass is 10.1. The second-order valence-electron chi connectivity index (χ2n) is 5.96. The molecule has 2 aromatic rings. The molecule has 3 rings (SSSR count). The fraction of sp³-hybridized carbons (Fsp3) is 0.278. The van der Waals surface area contributed by atoms with E-state index in [1.807, 2.05) is 35.2 Å². The van der Waals surface area contributed by atoms with Crippen LogP contribution in [0.4, 0.5) is 0 Å². The Kier molecular flexibility index (Phi) is 5.86. The number of benzene rings is 2. The van der Waals surface area contributed by atoms with Gasteiger partial charge < -0.3 is 0 Å². The van der Waals surface area contributed by atoms with Gasteiger partial charge in [-0.2, -0.15) is 9.57 Å². The average Bonchev–Trinajstić information content (AvgIpc) is 2.66. The van der Waals surface area contributed by atoms with Crippen LogP contribution in [-0.4, -0.2) is 43.8 Å². The van der Waals surface area contributed by atoms with Crippen LogP contribution in [0.3, 0.4) is 0 Å². The first-order chi connectivity index (χ1) is 12.4. The highest BCUT2D eigenvalue weighted by Crippen LogP contribution is 2.28. The monoisotopic (exact) mass is 409 g/mol. The maximum atomic E-state index is 12.8. The fourth-order valence-corrected chi connectivity index (χ4v) is 4.80. The van der Waals surface area contributed by atoms with Crippen LogP contribution >= 0.6 is 23.2 Å². The van der Waals surface area contributed by atoms with E-state index in [1.54, 1.807) is 0 Å². The van der Waals surface area contributed by atoms with Gasteiger partial charge in [0.2, 0.25) is 10.0 Å². The fourth-order valence-electron chi connectivity index (χ4n) is 2.99. The molecule has 136 valence electrons. The molecule has 0 spiro atoms. The zero-order chi connectivity index (χ0) is 18.7. The molecule has 1 unspecified atom stereocenters. The Labute approximate surface area is 163 Å². The first-order valence-electron chi connectivity index (χ1n) is 8.07. The smallest absolute Gasteiger partial charge is 0.243 e. The van der Waals surface area contributed by atoms with Gasteiger partial charge in [0, 0.05) is 26.2 Å². The molecule has 1 atom stereocenters. The summed E-state index contributed by atoms with van der Waals surface area (Å²) >= 11 is 11.8. The van der Waals surface area contributed by atoms with E-state index in [0.29, 0.717) is 31.2 Å². The lowest BCUT2D eigenvalue weighted by Crippen LogP contribution is -2.49. The van der Waals surface area contributed by atoms with Gasteiger partial charge in [-0.25, -0.2) is 8.42 Å². The van der Waals surface area contributed by atoms with Gasteiger partial charge in [-0.3, -0.25) is 4.90 Å². The van der Waals surface area contributed by atoms with E-state index in [2.05, 4.69) is 6.07 Å². The lowest BCUT2D eigenvalue weighted by Gasteiger charge is -2.36. The molecule has 26 heavy (non-hydrogen) atoms. The summed E-state index contributed by atoms with van der Waals surface area (Å²) in [6.45, 7) is 1.59. The van der Waals surface area contributed by atoms with Gasteiger partial charge >= 0.3 is 0 Å². The Morgan fingerprint density at radius 1 is 0.962 bits per heavy atom. The topological polar surface area (TPSA) is 64.4 Å². The predicted octanol–water partition coefficient (Wildman–Crippen LogP) is 3.56. The van der Waals surface area contributed by atoms with Crippen LogP contribution in [0.5, 0.6) is 0 Å². The first kappa shape index (κ1) is 19.2. The molecule has 5 nitrogen and oxygen atoms in total. The highest BCUT2D eigenvalue weighted by molar-refractivity contribution is 7.89. The maximum absolute atomic E-state index is 12.8. The van der Waals surface area contributed by atoms with E-state index in [0.717, 1.165) is 5.56 Å². The van der Waals surface area contributed by atoms with E-state index in [1.165, 1.54) is 22.5 Å². The molecular weight excluding hydrogens is 393 g/mol. The summed E-state index contributed by atoms with van der Waals surface area (Å²) in [5.74, 6) is 0. The number of nitriles is 1. The van der Waals surface area contributed by atoms with Gasteiger partial charge in [0.25, 0.3) is 0 Å². The van der Waals surface area contributed by atoms with Crippen molar-refractivity contribution < 1.29 is 8.42 Å². The molecule has 1 saturated heterocycles. The molecule has 1 aliphatic rings. The van der Waals surface area contributed by atoms with E-state index >= 15 is 0 Å². The van der Waals surface area contributed by atoms with Crippen LogP contribution in [0.25, 0.3) is 0 Å². The van der Waals surface area contributed by atoms with Crippen molar-refractivity contribution in [1.29, 1.82) is 5.26 Å². The molecule has 1 fully saturated rings. The highest BCUT2D eigenvalue weighted by atomic mass is 35.5. The van der Waals surface area contributed by atoms with E-state index in [9.17, 15) is 13.7 Å². The van der Waals surface area contributed by atoms with Gasteiger partial charge in [-0.1, -0.05) is 53.5 Å². The molecule has 0 saturated carbocycles. The number of halogens is 2. The van der Waals surface area contributed by atoms with Crippen molar-refractivity contribution in [1.82, 2.24) is 9.21 Å². The highest BCUT2D eigenvalue weighted by Gasteiger charge is 2.31. The predicted molar refractivity (Wildman–Crippen MR) is 102 cm³/mol. The third kappa shape index (κ3) is 3.88. The number of rotatable bonds is 4. The number of piperazine rings is 1. The molecule has 0 N–H and O–H groups in total. The van der Waals surface area contributed by atoms with Crippen LogP contribution in [0.2, 0.25) is 10.0 Å². The summed E-state index contributed by atoms with van der Waals surface area (Å²) in [5, 5.41) is 10.1. The summed E-state index contributed by atoms with van der Waals surface area (Å²) in [7, 11) is -3.64. The van der Waals surface area contributed by atoms with Gasteiger partial charge in [-0.05, 0) is 23.8 Å². The third-order valence-corrected chi connectivity index (χ3v) is 7.04. The number of sulfonamides is 1. The van der Waals surface area contributed by atoms with E-state index in [4.69, 9.17) is 23.2 Å². The van der Waals surface area contributed by atoms with Crippen molar-refractivity contribution in [3.8, 4) is 6.07 Å². The van der Waals surface area contributed by atoms with Crippen LogP contribution in [0, 0.1) is 11.3 Å². The molecule has 0 aromatic heterocycles. The number of hydrogen-bond donors (Lipinski definition) is 0. The summed E-state index contributed by atoms with van der Waals surface area (Å²) in [6.07, 6.45) is 0. The van der Waals surface area contributed by atoms with Crippen molar-refractivity contribution >= 4 is 33.2 Å². The second-order valence-corrected chi connectivity index (χ2v) is 8.71. The first-order valence-corrected chi connectivity index (χ1v) is 10.3. The van der Waals surface area contributed by atoms with E-state index in [-0.39, 0.29) is 16.0 Å². The van der Waals surface area contributed by atoms with Crippen molar-refractivity contribution in [3.63, 3.8) is 0 Å². The normalized spacial score (nSPS) is 17.6. The minimum atomic E-state index is -3.64. The standard InChI is InChI=1S/C18H17Cl2N3O2S/c19-16-7-6-15(12-17(16)20)26(24,25)23-10-8-22(9-11-23)18(13-21)14-4-2-1-3-5-14/h1-7,12,18H,8-11H2. The quantitative estimate of drug-likeness (QED) is 0.773. The molecule has 0 radical (unpaired) electrons. The van der Waals surface area contributed by atoms with Crippen LogP contribution in [-0.2, 0) is 10.0 Å². The lowest BCUT2D eigenvalue weighted by molar-refractivity contribution is 0.162. The Hall–Kier alpha value is -1.62. The SMILES string of the molecule is N#CC(c1ccccc1)N1CCN(S(=O)(=O)c2ccc(Cl)c(Cl)c2)CC1. The van der Waals surface area contributed by atoms with Crippen LogP contribution < -0.4 is 0 Å². The maximum Gasteiger partial charge on any atom is 0.243 e. The molecule has 1 aliphatic heterocycles. The molecule has 0 bridgehead atoms. The largest absolute Gasteiger partial charge is 0.282 e. The van der Waals surface area contributed by atoms with Crippen molar-refractivity contribution in [2.45, 2.75) is 10.9 Å². The Bertz CT molecular complexity index is 921. The molecule has 8 heteroatoms. The zero-order valence-corrected chi connectivity index (χ0v) is 16.2. The molecule has 0 aliphatic carbocycles.